The normalized spacial score (nSPS) is 16.5. The van der Waals surface area contributed by atoms with Gasteiger partial charge in [0.1, 0.15) is 0 Å². The van der Waals surface area contributed by atoms with Crippen LogP contribution in [0.1, 0.15) is 30.2 Å². The van der Waals surface area contributed by atoms with Crippen molar-refractivity contribution in [1.82, 2.24) is 20.1 Å². The lowest BCUT2D eigenvalue weighted by molar-refractivity contribution is 0.188. The summed E-state index contributed by atoms with van der Waals surface area (Å²) in [6.07, 6.45) is 6.06. The average Bonchev–Trinajstić information content (AvgIpc) is 3.43. The number of hydrogen-bond acceptors (Lipinski definition) is 5. The highest BCUT2D eigenvalue weighted by Crippen LogP contribution is 2.33. The molecule has 1 aliphatic heterocycles. The molecule has 26 heavy (non-hydrogen) atoms. The molecule has 0 radical (unpaired) electrons. The predicted molar refractivity (Wildman–Crippen MR) is 97.6 cm³/mol. The molecule has 0 aliphatic carbocycles. The molecule has 3 aromatic heterocycles. The zero-order chi connectivity index (χ0) is 17.3. The van der Waals surface area contributed by atoms with Crippen molar-refractivity contribution in [2.24, 2.45) is 0 Å². The van der Waals surface area contributed by atoms with E-state index in [0.29, 0.717) is 30.0 Å². The Hall–Kier alpha value is -2.86. The topological polar surface area (TPSA) is 71.1 Å². The van der Waals surface area contributed by atoms with Crippen molar-refractivity contribution in [1.29, 1.82) is 0 Å². The van der Waals surface area contributed by atoms with Gasteiger partial charge in [0.15, 0.2) is 5.76 Å². The van der Waals surface area contributed by atoms with Gasteiger partial charge in [0.25, 0.3) is 5.89 Å². The largest absolute Gasteiger partial charge is 0.459 e. The zero-order valence-corrected chi connectivity index (χ0v) is 14.4. The average molecular weight is 348 g/mol. The summed E-state index contributed by atoms with van der Waals surface area (Å²) in [5, 5.41) is 9.58. The molecule has 4 heterocycles. The van der Waals surface area contributed by atoms with E-state index < -0.39 is 0 Å². The van der Waals surface area contributed by atoms with Crippen LogP contribution < -0.4 is 0 Å². The van der Waals surface area contributed by atoms with Crippen LogP contribution >= 0.6 is 0 Å². The van der Waals surface area contributed by atoms with E-state index in [2.05, 4.69) is 50.5 Å². The molecule has 1 aromatic carbocycles. The SMILES string of the molecule is c1coc(-c2nnc(CN3CCC(c4c[nH]c5ccccc45)CC3)o2)c1. The van der Waals surface area contributed by atoms with E-state index in [9.17, 15) is 0 Å². The zero-order valence-electron chi connectivity index (χ0n) is 14.4. The lowest BCUT2D eigenvalue weighted by atomic mass is 9.89. The van der Waals surface area contributed by atoms with Crippen LogP contribution in [0.4, 0.5) is 0 Å². The quantitative estimate of drug-likeness (QED) is 0.599. The maximum absolute atomic E-state index is 5.72. The van der Waals surface area contributed by atoms with Crippen molar-refractivity contribution in [3.8, 4) is 11.7 Å². The summed E-state index contributed by atoms with van der Waals surface area (Å²) in [6, 6.07) is 12.2. The van der Waals surface area contributed by atoms with Crippen LogP contribution in [0, 0.1) is 0 Å². The fourth-order valence-electron chi connectivity index (χ4n) is 3.84. The van der Waals surface area contributed by atoms with Crippen LogP contribution in [-0.4, -0.2) is 33.2 Å². The van der Waals surface area contributed by atoms with E-state index in [-0.39, 0.29) is 0 Å². The minimum atomic E-state index is 0.443. The summed E-state index contributed by atoms with van der Waals surface area (Å²) in [7, 11) is 0. The number of furan rings is 1. The molecular formula is C20H20N4O2. The molecular weight excluding hydrogens is 328 g/mol. The highest BCUT2D eigenvalue weighted by Gasteiger charge is 2.24. The molecule has 1 N–H and O–H groups in total. The van der Waals surface area contributed by atoms with Gasteiger partial charge in [-0.25, -0.2) is 0 Å². The van der Waals surface area contributed by atoms with Gasteiger partial charge in [0.05, 0.1) is 12.8 Å². The molecule has 6 heteroatoms. The minimum Gasteiger partial charge on any atom is -0.459 e. The summed E-state index contributed by atoms with van der Waals surface area (Å²) in [6.45, 7) is 2.75. The molecule has 1 fully saturated rings. The number of benzene rings is 1. The van der Waals surface area contributed by atoms with Gasteiger partial charge in [0.2, 0.25) is 5.89 Å². The van der Waals surface area contributed by atoms with Crippen molar-refractivity contribution in [2.45, 2.75) is 25.3 Å². The van der Waals surface area contributed by atoms with Gasteiger partial charge in [-0.15, -0.1) is 10.2 Å². The molecule has 1 aliphatic rings. The number of nitrogens with zero attached hydrogens (tertiary/aromatic N) is 3. The van der Waals surface area contributed by atoms with E-state index in [4.69, 9.17) is 8.83 Å². The summed E-state index contributed by atoms with van der Waals surface area (Å²) < 4.78 is 11.0. The van der Waals surface area contributed by atoms with Crippen molar-refractivity contribution in [2.75, 3.05) is 13.1 Å². The van der Waals surface area contributed by atoms with Gasteiger partial charge in [-0.1, -0.05) is 18.2 Å². The number of H-pyrrole nitrogens is 1. The Kier molecular flexibility index (Phi) is 3.83. The number of aromatic amines is 1. The van der Waals surface area contributed by atoms with Gasteiger partial charge in [-0.2, -0.15) is 0 Å². The third-order valence-electron chi connectivity index (χ3n) is 5.21. The van der Waals surface area contributed by atoms with Crippen LogP contribution in [0.2, 0.25) is 0 Å². The third kappa shape index (κ3) is 2.82. The molecule has 132 valence electrons. The van der Waals surface area contributed by atoms with Gasteiger partial charge < -0.3 is 13.8 Å². The number of rotatable bonds is 4. The number of aromatic nitrogens is 3. The van der Waals surface area contributed by atoms with Crippen molar-refractivity contribution >= 4 is 10.9 Å². The maximum atomic E-state index is 5.72. The molecule has 6 nitrogen and oxygen atoms in total. The highest BCUT2D eigenvalue weighted by atomic mass is 16.4. The molecule has 5 rings (SSSR count). The number of piperidine rings is 1. The molecule has 0 unspecified atom stereocenters. The van der Waals surface area contributed by atoms with Crippen molar-refractivity contribution in [3.05, 3.63) is 60.3 Å². The molecule has 1 saturated heterocycles. The molecule has 0 atom stereocenters. The van der Waals surface area contributed by atoms with Crippen LogP contribution in [0.15, 0.2) is 57.7 Å². The summed E-state index contributed by atoms with van der Waals surface area (Å²) in [5.41, 5.74) is 2.67. The summed E-state index contributed by atoms with van der Waals surface area (Å²) in [5.74, 6) is 2.30. The van der Waals surface area contributed by atoms with Crippen LogP contribution in [-0.2, 0) is 6.54 Å². The smallest absolute Gasteiger partial charge is 0.283 e. The van der Waals surface area contributed by atoms with Crippen LogP contribution in [0.5, 0.6) is 0 Å². The number of para-hydroxylation sites is 1. The fourth-order valence-corrected chi connectivity index (χ4v) is 3.84. The summed E-state index contributed by atoms with van der Waals surface area (Å²) in [4.78, 5) is 5.78. The molecule has 0 bridgehead atoms. The Labute approximate surface area is 150 Å². The number of hydrogen-bond donors (Lipinski definition) is 1. The van der Waals surface area contributed by atoms with E-state index in [1.54, 1.807) is 6.26 Å². The second-order valence-electron chi connectivity index (χ2n) is 6.82. The second kappa shape index (κ2) is 6.46. The maximum Gasteiger partial charge on any atom is 0.283 e. The van der Waals surface area contributed by atoms with E-state index in [0.717, 1.165) is 25.9 Å². The van der Waals surface area contributed by atoms with Gasteiger partial charge in [0, 0.05) is 17.1 Å². The van der Waals surface area contributed by atoms with E-state index in [1.807, 2.05) is 12.1 Å². The fraction of sp³-hybridized carbons (Fsp3) is 0.300. The minimum absolute atomic E-state index is 0.443. The van der Waals surface area contributed by atoms with E-state index >= 15 is 0 Å². The molecule has 0 saturated carbocycles. The summed E-state index contributed by atoms with van der Waals surface area (Å²) >= 11 is 0. The van der Waals surface area contributed by atoms with Crippen LogP contribution in [0.3, 0.4) is 0 Å². The third-order valence-corrected chi connectivity index (χ3v) is 5.21. The number of likely N-dealkylation sites (tertiary alicyclic amines) is 1. The first-order valence-electron chi connectivity index (χ1n) is 9.01. The Morgan fingerprint density at radius 1 is 1.08 bits per heavy atom. The number of fused-ring (bicyclic) bond motifs is 1. The number of nitrogens with one attached hydrogen (secondary N) is 1. The molecule has 4 aromatic rings. The Bertz CT molecular complexity index is 994. The first kappa shape index (κ1) is 15.4. The standard InChI is InChI=1S/C20H20N4O2/c1-2-5-17-15(4-1)16(12-21-17)14-7-9-24(10-8-14)13-19-22-23-20(26-19)18-6-3-11-25-18/h1-6,11-12,14,21H,7-10,13H2. The second-order valence-corrected chi connectivity index (χ2v) is 6.82. The predicted octanol–water partition coefficient (Wildman–Crippen LogP) is 4.19. The first-order valence-corrected chi connectivity index (χ1v) is 9.01. The van der Waals surface area contributed by atoms with Crippen molar-refractivity contribution in [3.63, 3.8) is 0 Å². The lowest BCUT2D eigenvalue weighted by Gasteiger charge is -2.30. The Balaban J connectivity index is 1.23. The molecule has 0 amide bonds. The van der Waals surface area contributed by atoms with Crippen LogP contribution in [0.25, 0.3) is 22.6 Å². The first-order chi connectivity index (χ1) is 12.9. The van der Waals surface area contributed by atoms with Crippen molar-refractivity contribution < 1.29 is 8.83 Å². The van der Waals surface area contributed by atoms with E-state index in [1.165, 1.54) is 16.5 Å². The molecule has 0 spiro atoms. The Morgan fingerprint density at radius 2 is 1.96 bits per heavy atom. The van der Waals surface area contributed by atoms with Gasteiger partial charge in [-0.05, 0) is 55.6 Å². The highest BCUT2D eigenvalue weighted by molar-refractivity contribution is 5.83. The monoisotopic (exact) mass is 348 g/mol. The Morgan fingerprint density at radius 3 is 2.81 bits per heavy atom. The van der Waals surface area contributed by atoms with Gasteiger partial charge >= 0.3 is 0 Å². The van der Waals surface area contributed by atoms with Gasteiger partial charge in [-0.3, -0.25) is 4.90 Å². The lowest BCUT2D eigenvalue weighted by Crippen LogP contribution is -2.32.